The molecule has 0 aliphatic rings. The maximum Gasteiger partial charge on any atom is 0.215 e. The molecule has 2 atom stereocenters. The summed E-state index contributed by atoms with van der Waals surface area (Å²) in [5.41, 5.74) is 0.218. The Morgan fingerprint density at radius 1 is 0.500 bits per heavy atom. The summed E-state index contributed by atoms with van der Waals surface area (Å²) in [7, 11) is 0. The van der Waals surface area contributed by atoms with E-state index in [1.54, 1.807) is 48.5 Å². The Morgan fingerprint density at radius 3 is 1.02 bits per heavy atom. The van der Waals surface area contributed by atoms with E-state index in [0.717, 1.165) is 11.1 Å². The van der Waals surface area contributed by atoms with Crippen LogP contribution in [0.15, 0.2) is 97.1 Å². The molecule has 0 aliphatic heterocycles. The summed E-state index contributed by atoms with van der Waals surface area (Å²) in [6, 6.07) is 28.8. The Kier molecular flexibility index (Phi) is 9.42. The van der Waals surface area contributed by atoms with Crippen LogP contribution in [-0.2, 0) is 15.6 Å². The van der Waals surface area contributed by atoms with Crippen LogP contribution in [0.2, 0.25) is 20.1 Å². The van der Waals surface area contributed by atoms with E-state index in [4.69, 9.17) is 55.9 Å². The maximum absolute atomic E-state index is 14.8. The SMILES string of the molecule is CC(C)(c1ccc(Cl)cc1)C(Oc1ccc(Cl)cc1)C(=O)C(Oc1ccc(Cl)cc1)C(C)(C)c1ccc(Cl)cc1. The van der Waals surface area contributed by atoms with Crippen LogP contribution < -0.4 is 9.47 Å². The van der Waals surface area contributed by atoms with Crippen LogP contribution in [0.25, 0.3) is 0 Å². The van der Waals surface area contributed by atoms with Crippen molar-refractivity contribution in [3.8, 4) is 11.5 Å². The van der Waals surface area contributed by atoms with E-state index >= 15 is 0 Å². The van der Waals surface area contributed by atoms with E-state index in [9.17, 15) is 4.79 Å². The summed E-state index contributed by atoms with van der Waals surface area (Å²) in [6.07, 6.45) is -1.89. The van der Waals surface area contributed by atoms with Gasteiger partial charge in [-0.1, -0.05) is 98.4 Å². The molecule has 0 amide bonds. The maximum atomic E-state index is 14.8. The fraction of sp³-hybridized carbons (Fsp3) is 0.242. The third-order valence-electron chi connectivity index (χ3n) is 7.14. The topological polar surface area (TPSA) is 35.5 Å². The predicted octanol–water partition coefficient (Wildman–Crippen LogP) is 10.0. The second-order valence-corrected chi connectivity index (χ2v) is 12.5. The van der Waals surface area contributed by atoms with E-state index in [-0.39, 0.29) is 5.78 Å². The van der Waals surface area contributed by atoms with Gasteiger partial charge in [0, 0.05) is 30.9 Å². The minimum Gasteiger partial charge on any atom is -0.482 e. The van der Waals surface area contributed by atoms with Gasteiger partial charge in [0.15, 0.2) is 12.2 Å². The van der Waals surface area contributed by atoms with Crippen LogP contribution in [0.5, 0.6) is 11.5 Å². The van der Waals surface area contributed by atoms with Crippen LogP contribution in [0.1, 0.15) is 38.8 Å². The number of carbonyl (C=O) groups is 1. The summed E-state index contributed by atoms with van der Waals surface area (Å²) < 4.78 is 13.0. The first kappa shape index (κ1) is 30.3. The largest absolute Gasteiger partial charge is 0.482 e. The number of ether oxygens (including phenoxy) is 2. The second-order valence-electron chi connectivity index (χ2n) is 10.8. The van der Waals surface area contributed by atoms with Crippen LogP contribution >= 0.6 is 46.4 Å². The average Bonchev–Trinajstić information content (AvgIpc) is 2.92. The van der Waals surface area contributed by atoms with E-state index in [1.165, 1.54) is 0 Å². The fourth-order valence-corrected chi connectivity index (χ4v) is 5.12. The van der Waals surface area contributed by atoms with Gasteiger partial charge in [-0.05, 0) is 83.9 Å². The molecule has 4 aromatic rings. The predicted molar refractivity (Wildman–Crippen MR) is 166 cm³/mol. The summed E-state index contributed by atoms with van der Waals surface area (Å²) in [5.74, 6) is 0.795. The van der Waals surface area contributed by atoms with Crippen LogP contribution in [0.4, 0.5) is 0 Å². The van der Waals surface area contributed by atoms with Crippen molar-refractivity contribution in [2.75, 3.05) is 0 Å². The van der Waals surface area contributed by atoms with Crippen molar-refractivity contribution >= 4 is 52.2 Å². The third-order valence-corrected chi connectivity index (χ3v) is 8.15. The minimum absolute atomic E-state index is 0.232. The Bertz CT molecular complexity index is 1320. The number of ketones is 1. The molecule has 4 rings (SSSR count). The zero-order valence-electron chi connectivity index (χ0n) is 22.6. The summed E-state index contributed by atoms with van der Waals surface area (Å²) >= 11 is 24.6. The standard InChI is InChI=1S/C33H30Cl4O3/c1-32(2,21-5-9-23(34)10-6-21)30(39-27-17-13-25(36)14-18-27)29(38)31(40-28-19-15-26(37)16-20-28)33(3,4)22-7-11-24(35)12-8-22/h5-20,30-31H,1-4H3. The van der Waals surface area contributed by atoms with Gasteiger partial charge in [0.1, 0.15) is 11.5 Å². The highest BCUT2D eigenvalue weighted by molar-refractivity contribution is 6.31. The summed E-state index contributed by atoms with van der Waals surface area (Å²) in [6.45, 7) is 7.90. The molecule has 0 saturated heterocycles. The molecule has 0 fully saturated rings. The lowest BCUT2D eigenvalue weighted by Crippen LogP contribution is -2.55. The molecule has 2 unspecified atom stereocenters. The molecule has 208 valence electrons. The fourth-order valence-electron chi connectivity index (χ4n) is 4.62. The van der Waals surface area contributed by atoms with Gasteiger partial charge in [-0.2, -0.15) is 0 Å². The molecule has 0 bridgehead atoms. The Balaban J connectivity index is 1.83. The van der Waals surface area contributed by atoms with Gasteiger partial charge < -0.3 is 9.47 Å². The zero-order valence-corrected chi connectivity index (χ0v) is 25.7. The molecule has 0 radical (unpaired) electrons. The number of halogens is 4. The van der Waals surface area contributed by atoms with Crippen molar-refractivity contribution in [2.24, 2.45) is 0 Å². The number of Topliss-reactive ketones (excluding diaryl/α,β-unsaturated/α-hetero) is 1. The summed E-state index contributed by atoms with van der Waals surface area (Å²) in [5, 5.41) is 2.35. The van der Waals surface area contributed by atoms with Crippen molar-refractivity contribution in [3.63, 3.8) is 0 Å². The van der Waals surface area contributed by atoms with Crippen molar-refractivity contribution in [2.45, 2.75) is 50.7 Å². The smallest absolute Gasteiger partial charge is 0.215 e. The first-order valence-electron chi connectivity index (χ1n) is 12.8. The van der Waals surface area contributed by atoms with E-state index in [2.05, 4.69) is 0 Å². The first-order valence-corrected chi connectivity index (χ1v) is 14.3. The highest BCUT2D eigenvalue weighted by atomic mass is 35.5. The molecular formula is C33H30Cl4O3. The highest BCUT2D eigenvalue weighted by Gasteiger charge is 2.48. The molecule has 0 spiro atoms. The van der Waals surface area contributed by atoms with Gasteiger partial charge in [-0.3, -0.25) is 4.79 Å². The number of hydrogen-bond donors (Lipinski definition) is 0. The van der Waals surface area contributed by atoms with Crippen LogP contribution in [0.3, 0.4) is 0 Å². The molecular weight excluding hydrogens is 586 g/mol. The zero-order chi connectivity index (χ0) is 29.1. The second kappa shape index (κ2) is 12.4. The lowest BCUT2D eigenvalue weighted by molar-refractivity contribution is -0.138. The normalized spacial score (nSPS) is 13.4. The lowest BCUT2D eigenvalue weighted by atomic mass is 9.71. The van der Waals surface area contributed by atoms with Crippen molar-refractivity contribution in [1.29, 1.82) is 0 Å². The first-order chi connectivity index (χ1) is 18.9. The van der Waals surface area contributed by atoms with Gasteiger partial charge in [-0.15, -0.1) is 0 Å². The monoisotopic (exact) mass is 614 g/mol. The highest BCUT2D eigenvalue weighted by Crippen LogP contribution is 2.38. The van der Waals surface area contributed by atoms with Crippen molar-refractivity contribution < 1.29 is 14.3 Å². The Labute approximate surface area is 255 Å². The molecule has 0 aliphatic carbocycles. The summed E-state index contributed by atoms with van der Waals surface area (Å²) in [4.78, 5) is 14.8. The Hall–Kier alpha value is -2.69. The lowest BCUT2D eigenvalue weighted by Gasteiger charge is -2.40. The molecule has 0 aromatic heterocycles. The molecule has 4 aromatic carbocycles. The number of rotatable bonds is 10. The molecule has 0 N–H and O–H groups in total. The van der Waals surface area contributed by atoms with Crippen molar-refractivity contribution in [1.82, 2.24) is 0 Å². The molecule has 0 heterocycles. The third kappa shape index (κ3) is 6.95. The molecule has 0 saturated carbocycles. The van der Waals surface area contributed by atoms with Gasteiger partial charge >= 0.3 is 0 Å². The van der Waals surface area contributed by atoms with Gasteiger partial charge in [0.2, 0.25) is 5.78 Å². The number of benzene rings is 4. The quantitative estimate of drug-likeness (QED) is 0.178. The van der Waals surface area contributed by atoms with E-state index in [1.807, 2.05) is 76.2 Å². The molecule has 7 heteroatoms. The van der Waals surface area contributed by atoms with E-state index in [0.29, 0.717) is 31.6 Å². The van der Waals surface area contributed by atoms with Crippen LogP contribution in [0, 0.1) is 0 Å². The van der Waals surface area contributed by atoms with Gasteiger partial charge in [0.25, 0.3) is 0 Å². The minimum atomic E-state index is -0.946. The Morgan fingerprint density at radius 2 is 0.750 bits per heavy atom. The van der Waals surface area contributed by atoms with Crippen LogP contribution in [-0.4, -0.2) is 18.0 Å². The number of carbonyl (C=O) groups excluding carboxylic acids is 1. The number of hydrogen-bond acceptors (Lipinski definition) is 3. The van der Waals surface area contributed by atoms with E-state index < -0.39 is 23.0 Å². The van der Waals surface area contributed by atoms with Gasteiger partial charge in [0.05, 0.1) is 0 Å². The average molecular weight is 616 g/mol. The van der Waals surface area contributed by atoms with Crippen molar-refractivity contribution in [3.05, 3.63) is 128 Å². The molecule has 40 heavy (non-hydrogen) atoms. The van der Waals surface area contributed by atoms with Gasteiger partial charge in [-0.25, -0.2) is 0 Å². The molecule has 3 nitrogen and oxygen atoms in total.